The van der Waals surface area contributed by atoms with Gasteiger partial charge in [0.05, 0.1) is 0 Å². The topological polar surface area (TPSA) is 51.8 Å². The maximum atomic E-state index is 5.62. The summed E-state index contributed by atoms with van der Waals surface area (Å²) in [5, 5.41) is 0. The number of hydrogen-bond donors (Lipinski definition) is 0. The van der Waals surface area contributed by atoms with Crippen LogP contribution >= 0.6 is 0 Å². The highest BCUT2D eigenvalue weighted by Crippen LogP contribution is 2.22. The van der Waals surface area contributed by atoms with Gasteiger partial charge in [-0.1, -0.05) is 19.9 Å². The number of rotatable bonds is 2. The van der Waals surface area contributed by atoms with E-state index in [1.54, 1.807) is 6.20 Å². The predicted molar refractivity (Wildman–Crippen MR) is 69.1 cm³/mol. The normalized spacial score (nSPS) is 11.3. The highest BCUT2D eigenvalue weighted by molar-refractivity contribution is 5.70. The zero-order valence-corrected chi connectivity index (χ0v) is 10.3. The number of oxazole rings is 1. The van der Waals surface area contributed by atoms with E-state index in [4.69, 9.17) is 4.42 Å². The van der Waals surface area contributed by atoms with Gasteiger partial charge in [0.25, 0.3) is 0 Å². The Bertz CT molecular complexity index is 638. The molecule has 0 bridgehead atoms. The highest BCUT2D eigenvalue weighted by atomic mass is 16.3. The largest absolute Gasteiger partial charge is 0.433 e. The van der Waals surface area contributed by atoms with Gasteiger partial charge in [0.15, 0.2) is 11.2 Å². The Balaban J connectivity index is 2.03. The Kier molecular flexibility index (Phi) is 2.55. The molecule has 3 heterocycles. The van der Waals surface area contributed by atoms with E-state index in [1.807, 2.05) is 24.4 Å². The molecule has 18 heavy (non-hydrogen) atoms. The smallest absolute Gasteiger partial charge is 0.247 e. The van der Waals surface area contributed by atoms with Crippen molar-refractivity contribution in [3.8, 4) is 11.6 Å². The van der Waals surface area contributed by atoms with Crippen LogP contribution in [-0.2, 0) is 0 Å². The summed E-state index contributed by atoms with van der Waals surface area (Å²) >= 11 is 0. The van der Waals surface area contributed by atoms with Crippen molar-refractivity contribution in [3.63, 3.8) is 0 Å². The Morgan fingerprint density at radius 1 is 1.11 bits per heavy atom. The van der Waals surface area contributed by atoms with Gasteiger partial charge < -0.3 is 4.42 Å². The third kappa shape index (κ3) is 1.86. The second-order valence-electron chi connectivity index (χ2n) is 4.48. The summed E-state index contributed by atoms with van der Waals surface area (Å²) in [6.07, 6.45) is 3.56. The van der Waals surface area contributed by atoms with Crippen molar-refractivity contribution >= 4 is 11.2 Å². The second-order valence-corrected chi connectivity index (χ2v) is 4.48. The molecular formula is C14H13N3O. The molecule has 0 N–H and O–H groups in total. The van der Waals surface area contributed by atoms with Crippen molar-refractivity contribution in [2.45, 2.75) is 19.8 Å². The van der Waals surface area contributed by atoms with Gasteiger partial charge in [-0.3, -0.25) is 4.98 Å². The second kappa shape index (κ2) is 4.22. The fraction of sp³-hybridized carbons (Fsp3) is 0.214. The average molecular weight is 239 g/mol. The summed E-state index contributed by atoms with van der Waals surface area (Å²) in [7, 11) is 0. The predicted octanol–water partition coefficient (Wildman–Crippen LogP) is 3.41. The molecule has 0 saturated heterocycles. The van der Waals surface area contributed by atoms with E-state index in [0.717, 1.165) is 5.69 Å². The summed E-state index contributed by atoms with van der Waals surface area (Å²) in [6, 6.07) is 7.66. The third-order valence-corrected chi connectivity index (χ3v) is 2.84. The van der Waals surface area contributed by atoms with E-state index in [1.165, 1.54) is 5.56 Å². The fourth-order valence-corrected chi connectivity index (χ4v) is 1.75. The lowest BCUT2D eigenvalue weighted by Crippen LogP contribution is -1.90. The number of aromatic nitrogens is 3. The van der Waals surface area contributed by atoms with Gasteiger partial charge in [0, 0.05) is 12.4 Å². The average Bonchev–Trinajstić information content (AvgIpc) is 2.82. The molecule has 4 nitrogen and oxygen atoms in total. The Hall–Kier alpha value is -2.23. The maximum Gasteiger partial charge on any atom is 0.247 e. The van der Waals surface area contributed by atoms with Crippen LogP contribution in [0.15, 0.2) is 41.1 Å². The molecule has 0 aliphatic rings. The van der Waals surface area contributed by atoms with Crippen LogP contribution in [-0.4, -0.2) is 15.0 Å². The van der Waals surface area contributed by atoms with E-state index in [0.29, 0.717) is 23.0 Å². The first-order valence-electron chi connectivity index (χ1n) is 5.92. The molecule has 3 aromatic heterocycles. The molecule has 0 amide bonds. The van der Waals surface area contributed by atoms with Gasteiger partial charge in [-0.15, -0.1) is 0 Å². The van der Waals surface area contributed by atoms with Gasteiger partial charge in [-0.25, -0.2) is 4.98 Å². The molecule has 0 spiro atoms. The summed E-state index contributed by atoms with van der Waals surface area (Å²) < 4.78 is 5.62. The quantitative estimate of drug-likeness (QED) is 0.687. The first-order valence-corrected chi connectivity index (χ1v) is 5.92. The molecule has 0 atom stereocenters. The first-order chi connectivity index (χ1) is 8.74. The molecular weight excluding hydrogens is 226 g/mol. The number of pyridine rings is 2. The van der Waals surface area contributed by atoms with Crippen LogP contribution in [0.1, 0.15) is 25.3 Å². The molecule has 0 saturated carbocycles. The van der Waals surface area contributed by atoms with E-state index in [2.05, 4.69) is 34.9 Å². The van der Waals surface area contributed by atoms with Crippen LogP contribution < -0.4 is 0 Å². The van der Waals surface area contributed by atoms with Crippen molar-refractivity contribution in [1.82, 2.24) is 15.0 Å². The molecule has 0 radical (unpaired) electrons. The van der Waals surface area contributed by atoms with Crippen molar-refractivity contribution in [3.05, 3.63) is 42.2 Å². The first kappa shape index (κ1) is 10.9. The number of nitrogens with zero attached hydrogens (tertiary/aromatic N) is 3. The van der Waals surface area contributed by atoms with Crippen LogP contribution in [0.4, 0.5) is 0 Å². The standard InChI is InChI=1S/C14H13N3O/c1-9(2)10-5-6-11(16-8-10)14-17-13-12(18-14)4-3-7-15-13/h3-9H,1-2H3. The molecule has 0 fully saturated rings. The Labute approximate surface area is 105 Å². The van der Waals surface area contributed by atoms with E-state index in [9.17, 15) is 0 Å². The maximum absolute atomic E-state index is 5.62. The molecule has 90 valence electrons. The van der Waals surface area contributed by atoms with Gasteiger partial charge in [-0.05, 0) is 29.7 Å². The van der Waals surface area contributed by atoms with Crippen LogP contribution in [0.3, 0.4) is 0 Å². The number of fused-ring (bicyclic) bond motifs is 1. The minimum absolute atomic E-state index is 0.469. The molecule has 3 rings (SSSR count). The van der Waals surface area contributed by atoms with E-state index in [-0.39, 0.29) is 0 Å². The zero-order chi connectivity index (χ0) is 12.5. The van der Waals surface area contributed by atoms with Gasteiger partial charge in [0.2, 0.25) is 5.89 Å². The molecule has 0 aromatic carbocycles. The van der Waals surface area contributed by atoms with Crippen molar-refractivity contribution in [1.29, 1.82) is 0 Å². The van der Waals surface area contributed by atoms with Crippen LogP contribution in [0.5, 0.6) is 0 Å². The van der Waals surface area contributed by atoms with E-state index < -0.39 is 0 Å². The number of hydrogen-bond acceptors (Lipinski definition) is 4. The molecule has 4 heteroatoms. The summed E-state index contributed by atoms with van der Waals surface area (Å²) in [6.45, 7) is 4.28. The summed E-state index contributed by atoms with van der Waals surface area (Å²) in [4.78, 5) is 12.8. The van der Waals surface area contributed by atoms with Gasteiger partial charge in [-0.2, -0.15) is 4.98 Å². The zero-order valence-electron chi connectivity index (χ0n) is 10.3. The van der Waals surface area contributed by atoms with Crippen molar-refractivity contribution in [2.24, 2.45) is 0 Å². The Morgan fingerprint density at radius 3 is 2.67 bits per heavy atom. The van der Waals surface area contributed by atoms with Crippen molar-refractivity contribution in [2.75, 3.05) is 0 Å². The van der Waals surface area contributed by atoms with E-state index >= 15 is 0 Å². The molecule has 0 aliphatic carbocycles. The minimum atomic E-state index is 0.469. The van der Waals surface area contributed by atoms with Crippen LogP contribution in [0.2, 0.25) is 0 Å². The minimum Gasteiger partial charge on any atom is -0.433 e. The highest BCUT2D eigenvalue weighted by Gasteiger charge is 2.10. The summed E-state index contributed by atoms with van der Waals surface area (Å²) in [5.41, 5.74) is 3.23. The molecule has 0 unspecified atom stereocenters. The third-order valence-electron chi connectivity index (χ3n) is 2.84. The lowest BCUT2D eigenvalue weighted by atomic mass is 10.1. The summed E-state index contributed by atoms with van der Waals surface area (Å²) in [5.74, 6) is 0.982. The van der Waals surface area contributed by atoms with Crippen LogP contribution in [0.25, 0.3) is 22.8 Å². The van der Waals surface area contributed by atoms with Crippen molar-refractivity contribution < 1.29 is 4.42 Å². The Morgan fingerprint density at radius 2 is 2.00 bits per heavy atom. The molecule has 3 aromatic rings. The lowest BCUT2D eigenvalue weighted by Gasteiger charge is -2.03. The fourth-order valence-electron chi connectivity index (χ4n) is 1.75. The van der Waals surface area contributed by atoms with Gasteiger partial charge >= 0.3 is 0 Å². The van der Waals surface area contributed by atoms with Crippen LogP contribution in [0, 0.1) is 0 Å². The molecule has 0 aliphatic heterocycles. The monoisotopic (exact) mass is 239 g/mol. The van der Waals surface area contributed by atoms with Gasteiger partial charge in [0.1, 0.15) is 5.69 Å². The lowest BCUT2D eigenvalue weighted by molar-refractivity contribution is 0.616. The SMILES string of the molecule is CC(C)c1ccc(-c2nc3ncccc3o2)nc1.